The zero-order valence-corrected chi connectivity index (χ0v) is 23.9. The highest BCUT2D eigenvalue weighted by atomic mass is 35.5. The van der Waals surface area contributed by atoms with Crippen molar-refractivity contribution in [1.82, 2.24) is 25.0 Å². The van der Waals surface area contributed by atoms with Gasteiger partial charge in [-0.2, -0.15) is 5.10 Å². The predicted octanol–water partition coefficient (Wildman–Crippen LogP) is 4.54. The number of fused-ring (bicyclic) bond motifs is 3. The number of amides is 2. The molecule has 4 rings (SSSR count). The fourth-order valence-corrected chi connectivity index (χ4v) is 5.55. The first-order valence-corrected chi connectivity index (χ1v) is 14.5. The fraction of sp³-hybridized carbons (Fsp3) is 0.500. The number of hydrogen-bond donors (Lipinski definition) is 4. The normalized spacial score (nSPS) is 13.0. The van der Waals surface area contributed by atoms with Crippen molar-refractivity contribution in [3.8, 4) is 11.3 Å². The molecule has 0 bridgehead atoms. The number of nitrogens with zero attached hydrogens (tertiary/aromatic N) is 3. The van der Waals surface area contributed by atoms with E-state index in [1.165, 1.54) is 0 Å². The van der Waals surface area contributed by atoms with Crippen molar-refractivity contribution in [3.63, 3.8) is 0 Å². The van der Waals surface area contributed by atoms with Crippen molar-refractivity contribution in [2.24, 2.45) is 0 Å². The maximum Gasteiger partial charge on any atom is 0.303 e. The molecule has 12 heteroatoms. The van der Waals surface area contributed by atoms with Crippen molar-refractivity contribution < 1.29 is 24.6 Å². The molecule has 2 amide bonds. The summed E-state index contributed by atoms with van der Waals surface area (Å²) in [5, 5.41) is 27.3. The van der Waals surface area contributed by atoms with Crippen LogP contribution in [-0.4, -0.2) is 67.4 Å². The monoisotopic (exact) mass is 591 g/mol. The average Bonchev–Trinajstić information content (AvgIpc) is 3.56. The lowest BCUT2D eigenvalue weighted by molar-refractivity contribution is -0.137. The Morgan fingerprint density at radius 2 is 1.80 bits per heavy atom. The number of hydrogen-bond acceptors (Lipinski definition) is 5. The van der Waals surface area contributed by atoms with Gasteiger partial charge in [-0.1, -0.05) is 48.9 Å². The second-order valence-electron chi connectivity index (χ2n) is 10.1. The van der Waals surface area contributed by atoms with Crippen LogP contribution in [0.3, 0.4) is 0 Å². The molecular formula is C28H35Cl2N5O5. The standard InChI is InChI=1S/C28H35Cl2N5O5/c29-20-15-18(26-19-16-34(24(38)17-36)12-9-21(19)32-28(26)27(20)30)22-10-13-35(33-22)14-11-31-23(37)7-5-3-1-2-4-6-8-25(39)40/h10,13,15,32,36H,1-9,11-12,14,16-17H2,(H,31,37)(H,39,40). The summed E-state index contributed by atoms with van der Waals surface area (Å²) < 4.78 is 1.77. The Bertz CT molecular complexity index is 1370. The Hall–Kier alpha value is -3.08. The van der Waals surface area contributed by atoms with Gasteiger partial charge in [0.25, 0.3) is 0 Å². The summed E-state index contributed by atoms with van der Waals surface area (Å²) in [6.45, 7) is 1.29. The lowest BCUT2D eigenvalue weighted by atomic mass is 9.99. The third kappa shape index (κ3) is 7.35. The van der Waals surface area contributed by atoms with Gasteiger partial charge in [0.2, 0.25) is 11.8 Å². The van der Waals surface area contributed by atoms with Crippen LogP contribution in [0.2, 0.25) is 10.0 Å². The number of aliphatic carboxylic acids is 1. The zero-order chi connectivity index (χ0) is 28.6. The van der Waals surface area contributed by atoms with Crippen molar-refractivity contribution >= 4 is 51.9 Å². The minimum Gasteiger partial charge on any atom is -0.481 e. The molecule has 10 nitrogen and oxygen atoms in total. The number of halogens is 2. The number of aromatic nitrogens is 3. The third-order valence-corrected chi connectivity index (χ3v) is 8.04. The van der Waals surface area contributed by atoms with E-state index < -0.39 is 12.6 Å². The number of nitrogens with one attached hydrogen (secondary N) is 2. The maximum atomic E-state index is 12.2. The van der Waals surface area contributed by atoms with Gasteiger partial charge >= 0.3 is 5.97 Å². The number of H-pyrrole nitrogens is 1. The number of rotatable bonds is 14. The second-order valence-corrected chi connectivity index (χ2v) is 10.9. The first-order chi connectivity index (χ1) is 19.3. The van der Waals surface area contributed by atoms with Gasteiger partial charge < -0.3 is 25.4 Å². The van der Waals surface area contributed by atoms with Crippen LogP contribution in [-0.2, 0) is 33.9 Å². The number of aliphatic hydroxyl groups is 1. The number of carboxylic acids is 1. The topological polar surface area (TPSA) is 141 Å². The number of unbranched alkanes of at least 4 members (excludes halogenated alkanes) is 5. The van der Waals surface area contributed by atoms with Gasteiger partial charge in [-0.05, 0) is 25.0 Å². The van der Waals surface area contributed by atoms with Crippen LogP contribution in [0.5, 0.6) is 0 Å². The zero-order valence-electron chi connectivity index (χ0n) is 22.3. The van der Waals surface area contributed by atoms with Crippen molar-refractivity contribution in [2.45, 2.75) is 70.9 Å². The van der Waals surface area contributed by atoms with E-state index in [0.29, 0.717) is 66.7 Å². The van der Waals surface area contributed by atoms with E-state index in [1.54, 1.807) is 15.6 Å². The van der Waals surface area contributed by atoms with Crippen molar-refractivity contribution in [2.75, 3.05) is 19.7 Å². The second kappa shape index (κ2) is 14.0. The molecule has 0 fully saturated rings. The molecule has 4 N–H and O–H groups in total. The van der Waals surface area contributed by atoms with Crippen molar-refractivity contribution in [1.29, 1.82) is 0 Å². The van der Waals surface area contributed by atoms with Crippen LogP contribution in [0.25, 0.3) is 22.2 Å². The minimum atomic E-state index is -0.751. The lowest BCUT2D eigenvalue weighted by Gasteiger charge is -2.26. The molecule has 0 unspecified atom stereocenters. The van der Waals surface area contributed by atoms with E-state index in [1.807, 2.05) is 12.3 Å². The van der Waals surface area contributed by atoms with Crippen molar-refractivity contribution in [3.05, 3.63) is 39.6 Å². The van der Waals surface area contributed by atoms with E-state index in [-0.39, 0.29) is 18.2 Å². The molecule has 3 heterocycles. The number of carbonyl (C=O) groups is 3. The molecule has 0 atom stereocenters. The van der Waals surface area contributed by atoms with E-state index in [0.717, 1.165) is 54.3 Å². The smallest absolute Gasteiger partial charge is 0.303 e. The van der Waals surface area contributed by atoms with Gasteiger partial charge in [-0.25, -0.2) is 0 Å². The molecule has 2 aromatic heterocycles. The van der Waals surface area contributed by atoms with Gasteiger partial charge in [0.15, 0.2) is 0 Å². The maximum absolute atomic E-state index is 12.2. The van der Waals surface area contributed by atoms with Gasteiger partial charge in [0.1, 0.15) is 6.61 Å². The lowest BCUT2D eigenvalue weighted by Crippen LogP contribution is -2.37. The van der Waals surface area contributed by atoms with Crippen LogP contribution in [0.1, 0.15) is 62.6 Å². The Morgan fingerprint density at radius 1 is 1.07 bits per heavy atom. The van der Waals surface area contributed by atoms with Crippen LogP contribution >= 0.6 is 23.2 Å². The molecule has 0 saturated carbocycles. The molecule has 0 aliphatic carbocycles. The summed E-state index contributed by atoms with van der Waals surface area (Å²) in [6.07, 6.45) is 8.53. The summed E-state index contributed by atoms with van der Waals surface area (Å²) in [5.74, 6) is -1.06. The van der Waals surface area contributed by atoms with Crippen LogP contribution < -0.4 is 5.32 Å². The van der Waals surface area contributed by atoms with Gasteiger partial charge in [-0.3, -0.25) is 19.1 Å². The SMILES string of the molecule is O=C(O)CCCCCCCCC(=O)NCCn1ccc(-c2cc(Cl)c(Cl)c3[nH]c4c(c23)CN(C(=O)CO)CC4)n1. The summed E-state index contributed by atoms with van der Waals surface area (Å²) in [7, 11) is 0. The van der Waals surface area contributed by atoms with E-state index in [9.17, 15) is 19.5 Å². The fourth-order valence-electron chi connectivity index (χ4n) is 5.15. The van der Waals surface area contributed by atoms with Gasteiger partial charge in [0, 0.05) is 67.3 Å². The molecule has 1 aromatic carbocycles. The Kier molecular flexibility index (Phi) is 10.5. The number of aliphatic hydroxyl groups excluding tert-OH is 1. The number of carbonyl (C=O) groups excluding carboxylic acids is 2. The molecule has 1 aliphatic rings. The molecule has 3 aromatic rings. The van der Waals surface area contributed by atoms with Crippen LogP contribution in [0.4, 0.5) is 0 Å². The molecule has 0 saturated heterocycles. The Balaban J connectivity index is 1.33. The first-order valence-electron chi connectivity index (χ1n) is 13.7. The summed E-state index contributed by atoms with van der Waals surface area (Å²) in [4.78, 5) is 39.9. The number of carboxylic acid groups (broad SMARTS) is 1. The molecular weight excluding hydrogens is 557 g/mol. The van der Waals surface area contributed by atoms with Gasteiger partial charge in [0.05, 0.1) is 27.8 Å². The highest BCUT2D eigenvalue weighted by molar-refractivity contribution is 6.45. The Morgan fingerprint density at radius 3 is 2.52 bits per heavy atom. The minimum absolute atomic E-state index is 0.00498. The van der Waals surface area contributed by atoms with Crippen LogP contribution in [0, 0.1) is 0 Å². The van der Waals surface area contributed by atoms with Gasteiger partial charge in [-0.15, -0.1) is 0 Å². The summed E-state index contributed by atoms with van der Waals surface area (Å²) in [6, 6.07) is 3.67. The number of benzene rings is 1. The summed E-state index contributed by atoms with van der Waals surface area (Å²) in [5.41, 5.74) is 4.13. The van der Waals surface area contributed by atoms with E-state index in [2.05, 4.69) is 10.3 Å². The Labute approximate surface area is 242 Å². The third-order valence-electron chi connectivity index (χ3n) is 7.25. The molecule has 1 aliphatic heterocycles. The molecule has 0 spiro atoms. The average molecular weight is 593 g/mol. The molecule has 40 heavy (non-hydrogen) atoms. The highest BCUT2D eigenvalue weighted by Crippen LogP contribution is 2.41. The van der Waals surface area contributed by atoms with Crippen LogP contribution in [0.15, 0.2) is 18.3 Å². The summed E-state index contributed by atoms with van der Waals surface area (Å²) >= 11 is 13.0. The van der Waals surface area contributed by atoms with E-state index >= 15 is 0 Å². The quantitative estimate of drug-likeness (QED) is 0.203. The predicted molar refractivity (Wildman–Crippen MR) is 153 cm³/mol. The highest BCUT2D eigenvalue weighted by Gasteiger charge is 2.27. The van der Waals surface area contributed by atoms with E-state index in [4.69, 9.17) is 33.4 Å². The molecule has 0 radical (unpaired) electrons. The molecule has 216 valence electrons. The largest absolute Gasteiger partial charge is 0.481 e. The first kappa shape index (κ1) is 29.9. The number of aromatic amines is 1.